The van der Waals surface area contributed by atoms with Crippen molar-refractivity contribution in [2.75, 3.05) is 10.5 Å². The van der Waals surface area contributed by atoms with Gasteiger partial charge in [0.25, 0.3) is 10.0 Å². The highest BCUT2D eigenvalue weighted by Gasteiger charge is 2.20. The zero-order valence-corrected chi connectivity index (χ0v) is 16.7. The van der Waals surface area contributed by atoms with Crippen molar-refractivity contribution in [3.8, 4) is 11.8 Å². The summed E-state index contributed by atoms with van der Waals surface area (Å²) in [4.78, 5) is 0.154. The second kappa shape index (κ2) is 7.02. The van der Waals surface area contributed by atoms with Crippen molar-refractivity contribution < 1.29 is 8.42 Å². The first-order valence-electron chi connectivity index (χ1n) is 8.60. The quantitative estimate of drug-likeness (QED) is 0.702. The Morgan fingerprint density at radius 2 is 1.75 bits per heavy atom. The van der Waals surface area contributed by atoms with Gasteiger partial charge in [-0.05, 0) is 35.2 Å². The predicted octanol–water partition coefficient (Wildman–Crippen LogP) is 3.42. The van der Waals surface area contributed by atoms with Gasteiger partial charge in [0.1, 0.15) is 17.5 Å². The minimum Gasteiger partial charge on any atom is -0.382 e. The number of nitrogens with two attached hydrogens (primary N) is 1. The van der Waals surface area contributed by atoms with E-state index in [-0.39, 0.29) is 21.7 Å². The molecule has 8 heteroatoms. The van der Waals surface area contributed by atoms with E-state index in [2.05, 4.69) is 30.6 Å². The molecule has 0 amide bonds. The Morgan fingerprint density at radius 1 is 1.11 bits per heavy atom. The predicted molar refractivity (Wildman–Crippen MR) is 109 cm³/mol. The first-order chi connectivity index (χ1) is 13.1. The van der Waals surface area contributed by atoms with Crippen molar-refractivity contribution in [2.24, 2.45) is 0 Å². The van der Waals surface area contributed by atoms with Crippen LogP contribution >= 0.6 is 0 Å². The van der Waals surface area contributed by atoms with E-state index in [1.165, 1.54) is 10.9 Å². The smallest absolute Gasteiger partial charge is 0.261 e. The number of benzene rings is 2. The fraction of sp³-hybridized carbons (Fsp3) is 0.200. The molecule has 3 aromatic rings. The fourth-order valence-corrected chi connectivity index (χ4v) is 3.79. The summed E-state index contributed by atoms with van der Waals surface area (Å²) < 4.78 is 29.7. The van der Waals surface area contributed by atoms with Crippen LogP contribution in [0.25, 0.3) is 5.69 Å². The molecule has 1 aromatic heterocycles. The summed E-state index contributed by atoms with van der Waals surface area (Å²) in [5, 5.41) is 13.2. The maximum atomic E-state index is 12.9. The molecule has 0 atom stereocenters. The zero-order valence-electron chi connectivity index (χ0n) is 15.8. The molecule has 0 aliphatic heterocycles. The van der Waals surface area contributed by atoms with E-state index in [9.17, 15) is 8.42 Å². The molecule has 0 unspecified atom stereocenters. The highest BCUT2D eigenvalue weighted by atomic mass is 32.2. The first-order valence-corrected chi connectivity index (χ1v) is 10.1. The maximum Gasteiger partial charge on any atom is 0.261 e. The third kappa shape index (κ3) is 3.70. The molecule has 28 heavy (non-hydrogen) atoms. The van der Waals surface area contributed by atoms with Gasteiger partial charge in [0.05, 0.1) is 22.5 Å². The minimum absolute atomic E-state index is 0.0710. The summed E-state index contributed by atoms with van der Waals surface area (Å²) in [5.41, 5.74) is 7.87. The molecule has 0 saturated heterocycles. The lowest BCUT2D eigenvalue weighted by Gasteiger charge is -2.19. The van der Waals surface area contributed by atoms with E-state index in [0.717, 1.165) is 5.56 Å². The number of hydrogen-bond donors (Lipinski definition) is 2. The largest absolute Gasteiger partial charge is 0.382 e. The number of nitrogens with one attached hydrogen (secondary N) is 1. The Kier molecular flexibility index (Phi) is 4.87. The molecule has 0 aliphatic rings. The molecule has 0 radical (unpaired) electrons. The number of rotatable bonds is 4. The first kappa shape index (κ1) is 19.5. The average Bonchev–Trinajstić information content (AvgIpc) is 3.02. The third-order valence-electron chi connectivity index (χ3n) is 4.33. The van der Waals surface area contributed by atoms with E-state index < -0.39 is 10.0 Å². The number of hydrogen-bond acceptors (Lipinski definition) is 5. The maximum absolute atomic E-state index is 12.9. The molecule has 3 N–H and O–H groups in total. The van der Waals surface area contributed by atoms with Crippen LogP contribution in [-0.2, 0) is 15.4 Å². The van der Waals surface area contributed by atoms with Gasteiger partial charge in [-0.25, -0.2) is 13.1 Å². The van der Waals surface area contributed by atoms with Crippen LogP contribution in [0, 0.1) is 11.3 Å². The van der Waals surface area contributed by atoms with E-state index in [1.54, 1.807) is 36.4 Å². The van der Waals surface area contributed by atoms with Gasteiger partial charge in [0, 0.05) is 0 Å². The van der Waals surface area contributed by atoms with Crippen LogP contribution in [0.5, 0.6) is 0 Å². The molecule has 1 heterocycles. The summed E-state index contributed by atoms with van der Waals surface area (Å²) in [6, 6.07) is 15.5. The number of aromatic nitrogens is 2. The van der Waals surface area contributed by atoms with Crippen LogP contribution in [0.3, 0.4) is 0 Å². The molecule has 0 saturated carbocycles. The van der Waals surface area contributed by atoms with E-state index in [4.69, 9.17) is 11.0 Å². The number of nitrogen functional groups attached to an aromatic ring is 1. The molecule has 144 valence electrons. The number of sulfonamides is 1. The molecule has 0 aliphatic carbocycles. The van der Waals surface area contributed by atoms with E-state index >= 15 is 0 Å². The Bertz CT molecular complexity index is 1150. The number of nitrogens with zero attached hydrogens (tertiary/aromatic N) is 3. The Hall–Kier alpha value is -3.31. The molecular weight excluding hydrogens is 374 g/mol. The van der Waals surface area contributed by atoms with Crippen molar-refractivity contribution in [3.05, 3.63) is 65.9 Å². The van der Waals surface area contributed by atoms with Crippen LogP contribution in [0.15, 0.2) is 59.6 Å². The normalized spacial score (nSPS) is 11.8. The Morgan fingerprint density at radius 3 is 2.32 bits per heavy atom. The van der Waals surface area contributed by atoms with Gasteiger partial charge in [-0.1, -0.05) is 45.0 Å². The van der Waals surface area contributed by atoms with Crippen molar-refractivity contribution in [3.63, 3.8) is 0 Å². The summed E-state index contributed by atoms with van der Waals surface area (Å²) in [6.07, 6.45) is 1.34. The topological polar surface area (TPSA) is 114 Å². The van der Waals surface area contributed by atoms with Crippen molar-refractivity contribution in [2.45, 2.75) is 31.1 Å². The summed E-state index contributed by atoms with van der Waals surface area (Å²) in [7, 11) is -3.81. The lowest BCUT2D eigenvalue weighted by atomic mass is 9.87. The SMILES string of the molecule is CC(C)(C)c1ccc(S(=O)(=O)Nc2ccccc2-n2ncc(C#N)c2N)cc1. The van der Waals surface area contributed by atoms with Crippen LogP contribution in [0.1, 0.15) is 31.9 Å². The van der Waals surface area contributed by atoms with Gasteiger partial charge in [-0.15, -0.1) is 0 Å². The monoisotopic (exact) mass is 395 g/mol. The van der Waals surface area contributed by atoms with Gasteiger partial charge < -0.3 is 5.73 Å². The molecule has 0 bridgehead atoms. The number of nitriles is 1. The van der Waals surface area contributed by atoms with Gasteiger partial charge in [0.15, 0.2) is 0 Å². The van der Waals surface area contributed by atoms with E-state index in [1.807, 2.05) is 18.2 Å². The van der Waals surface area contributed by atoms with Crippen molar-refractivity contribution in [1.82, 2.24) is 9.78 Å². The molecule has 0 fully saturated rings. The molecule has 3 rings (SSSR count). The lowest BCUT2D eigenvalue weighted by Crippen LogP contribution is -2.16. The Balaban J connectivity index is 1.98. The van der Waals surface area contributed by atoms with Crippen LogP contribution in [0.2, 0.25) is 0 Å². The van der Waals surface area contributed by atoms with Gasteiger partial charge in [-0.2, -0.15) is 10.4 Å². The average molecular weight is 395 g/mol. The highest BCUT2D eigenvalue weighted by molar-refractivity contribution is 7.92. The standard InChI is InChI=1S/C20H21N5O2S/c1-20(2,3)15-8-10-16(11-9-15)28(26,27)24-17-6-4-5-7-18(17)25-19(22)14(12-21)13-23-25/h4-11,13,24H,22H2,1-3H3. The molecule has 2 aromatic carbocycles. The number of para-hydroxylation sites is 2. The van der Waals surface area contributed by atoms with Crippen LogP contribution in [-0.4, -0.2) is 18.2 Å². The molecule has 7 nitrogen and oxygen atoms in total. The Labute approximate surface area is 164 Å². The van der Waals surface area contributed by atoms with Crippen molar-refractivity contribution in [1.29, 1.82) is 5.26 Å². The van der Waals surface area contributed by atoms with Gasteiger partial charge in [0.2, 0.25) is 0 Å². The lowest BCUT2D eigenvalue weighted by molar-refractivity contribution is 0.587. The number of anilines is 2. The second-order valence-corrected chi connectivity index (χ2v) is 9.05. The molecular formula is C20H21N5O2S. The summed E-state index contributed by atoms with van der Waals surface area (Å²) in [5.74, 6) is 0.142. The zero-order chi connectivity index (χ0) is 20.5. The fourth-order valence-electron chi connectivity index (χ4n) is 2.72. The van der Waals surface area contributed by atoms with Crippen molar-refractivity contribution >= 4 is 21.5 Å². The molecule has 0 spiro atoms. The summed E-state index contributed by atoms with van der Waals surface area (Å²) in [6.45, 7) is 6.19. The highest BCUT2D eigenvalue weighted by Crippen LogP contribution is 2.27. The summed E-state index contributed by atoms with van der Waals surface area (Å²) >= 11 is 0. The van der Waals surface area contributed by atoms with Gasteiger partial charge in [-0.3, -0.25) is 4.72 Å². The third-order valence-corrected chi connectivity index (χ3v) is 5.72. The van der Waals surface area contributed by atoms with Gasteiger partial charge >= 0.3 is 0 Å². The van der Waals surface area contributed by atoms with Crippen LogP contribution < -0.4 is 10.5 Å². The minimum atomic E-state index is -3.81. The second-order valence-electron chi connectivity index (χ2n) is 7.36. The van der Waals surface area contributed by atoms with E-state index in [0.29, 0.717) is 11.4 Å². The van der Waals surface area contributed by atoms with Crippen LogP contribution in [0.4, 0.5) is 11.5 Å².